The molecule has 20 heavy (non-hydrogen) atoms. The molecule has 1 N–H and O–H groups in total. The van der Waals surface area contributed by atoms with Crippen LogP contribution in [0.4, 0.5) is 0 Å². The molecule has 0 spiro atoms. The number of hydrogen-bond acceptors (Lipinski definition) is 4. The second-order valence-corrected chi connectivity index (χ2v) is 4.73. The molecule has 0 fully saturated rings. The number of aromatic nitrogens is 2. The van der Waals surface area contributed by atoms with Crippen LogP contribution in [0.3, 0.4) is 0 Å². The third-order valence-corrected chi connectivity index (χ3v) is 3.42. The summed E-state index contributed by atoms with van der Waals surface area (Å²) in [5.41, 5.74) is 0.759. The molecule has 3 rings (SSSR count). The summed E-state index contributed by atoms with van der Waals surface area (Å²) in [5.74, 6) is 2.06. The molecule has 106 valence electrons. The van der Waals surface area contributed by atoms with Gasteiger partial charge in [0.1, 0.15) is 11.9 Å². The number of aryl methyl sites for hydroxylation is 1. The van der Waals surface area contributed by atoms with E-state index in [0.717, 1.165) is 24.3 Å². The topological polar surface area (TPSA) is 56.5 Å². The van der Waals surface area contributed by atoms with E-state index < -0.39 is 6.10 Å². The Kier molecular flexibility index (Phi) is 3.60. The monoisotopic (exact) mass is 274 g/mol. The van der Waals surface area contributed by atoms with E-state index in [1.54, 1.807) is 6.20 Å². The van der Waals surface area contributed by atoms with E-state index in [1.165, 1.54) is 0 Å². The molecule has 0 saturated carbocycles. The highest BCUT2D eigenvalue weighted by molar-refractivity contribution is 5.44. The SMILES string of the molecule is CCn1ccnc1C(O)c1ccc2c(c1)OCCCO2. The maximum atomic E-state index is 10.5. The largest absolute Gasteiger partial charge is 0.490 e. The van der Waals surface area contributed by atoms with Crippen molar-refractivity contribution in [2.75, 3.05) is 13.2 Å². The third-order valence-electron chi connectivity index (χ3n) is 3.42. The summed E-state index contributed by atoms with van der Waals surface area (Å²) < 4.78 is 13.2. The van der Waals surface area contributed by atoms with Crippen LogP contribution in [0.2, 0.25) is 0 Å². The van der Waals surface area contributed by atoms with Crippen molar-refractivity contribution in [3.05, 3.63) is 42.0 Å². The Bertz CT molecular complexity index is 595. The molecule has 1 aromatic carbocycles. The Morgan fingerprint density at radius 2 is 2.10 bits per heavy atom. The quantitative estimate of drug-likeness (QED) is 0.931. The standard InChI is InChI=1S/C15H18N2O3/c1-2-17-7-6-16-15(17)14(18)11-4-5-12-13(10-11)20-9-3-8-19-12/h4-7,10,14,18H,2-3,8-9H2,1H3. The predicted molar refractivity (Wildman–Crippen MR) is 74.0 cm³/mol. The van der Waals surface area contributed by atoms with E-state index in [4.69, 9.17) is 9.47 Å². The lowest BCUT2D eigenvalue weighted by Gasteiger charge is -2.14. The minimum atomic E-state index is -0.762. The lowest BCUT2D eigenvalue weighted by Crippen LogP contribution is -2.09. The number of aliphatic hydroxyl groups is 1. The minimum Gasteiger partial charge on any atom is -0.490 e. The molecule has 0 bridgehead atoms. The fraction of sp³-hybridized carbons (Fsp3) is 0.400. The molecule has 1 aromatic heterocycles. The first kappa shape index (κ1) is 13.0. The molecular formula is C15H18N2O3. The van der Waals surface area contributed by atoms with Crippen molar-refractivity contribution in [1.82, 2.24) is 9.55 Å². The minimum absolute atomic E-state index is 0.635. The molecule has 5 nitrogen and oxygen atoms in total. The zero-order valence-corrected chi connectivity index (χ0v) is 11.5. The Morgan fingerprint density at radius 3 is 2.90 bits per heavy atom. The van der Waals surface area contributed by atoms with Gasteiger partial charge in [0.2, 0.25) is 0 Å². The summed E-state index contributed by atoms with van der Waals surface area (Å²) in [4.78, 5) is 4.23. The van der Waals surface area contributed by atoms with Crippen LogP contribution in [-0.4, -0.2) is 27.9 Å². The average Bonchev–Trinajstić information content (AvgIpc) is 2.83. The lowest BCUT2D eigenvalue weighted by atomic mass is 10.1. The van der Waals surface area contributed by atoms with Gasteiger partial charge in [-0.15, -0.1) is 0 Å². The number of rotatable bonds is 3. The summed E-state index contributed by atoms with van der Waals surface area (Å²) in [7, 11) is 0. The van der Waals surface area contributed by atoms with E-state index in [1.807, 2.05) is 35.9 Å². The van der Waals surface area contributed by atoms with Crippen LogP contribution in [0.5, 0.6) is 11.5 Å². The van der Waals surface area contributed by atoms with Gasteiger partial charge in [-0.2, -0.15) is 0 Å². The number of benzene rings is 1. The van der Waals surface area contributed by atoms with Gasteiger partial charge < -0.3 is 19.1 Å². The summed E-state index contributed by atoms with van der Waals surface area (Å²) in [6.07, 6.45) is 3.67. The average molecular weight is 274 g/mol. The van der Waals surface area contributed by atoms with Crippen molar-refractivity contribution in [1.29, 1.82) is 0 Å². The van der Waals surface area contributed by atoms with E-state index in [9.17, 15) is 5.11 Å². The summed E-state index contributed by atoms with van der Waals surface area (Å²) in [6.45, 7) is 4.09. The van der Waals surface area contributed by atoms with Crippen LogP contribution in [0.15, 0.2) is 30.6 Å². The molecule has 0 amide bonds. The number of hydrogen-bond donors (Lipinski definition) is 1. The van der Waals surface area contributed by atoms with Crippen molar-refractivity contribution >= 4 is 0 Å². The Morgan fingerprint density at radius 1 is 1.30 bits per heavy atom. The van der Waals surface area contributed by atoms with Crippen molar-refractivity contribution < 1.29 is 14.6 Å². The maximum Gasteiger partial charge on any atom is 0.161 e. The molecule has 0 radical (unpaired) electrons. The lowest BCUT2D eigenvalue weighted by molar-refractivity contribution is 0.204. The van der Waals surface area contributed by atoms with E-state index in [0.29, 0.717) is 24.8 Å². The van der Waals surface area contributed by atoms with Crippen LogP contribution >= 0.6 is 0 Å². The Hall–Kier alpha value is -2.01. The van der Waals surface area contributed by atoms with Crippen molar-refractivity contribution in [3.63, 3.8) is 0 Å². The van der Waals surface area contributed by atoms with E-state index in [2.05, 4.69) is 4.98 Å². The van der Waals surface area contributed by atoms with Gasteiger partial charge in [-0.1, -0.05) is 6.07 Å². The van der Waals surface area contributed by atoms with Gasteiger partial charge in [0.25, 0.3) is 0 Å². The van der Waals surface area contributed by atoms with Crippen molar-refractivity contribution in [3.8, 4) is 11.5 Å². The molecule has 2 aromatic rings. The highest BCUT2D eigenvalue weighted by Gasteiger charge is 2.19. The summed E-state index contributed by atoms with van der Waals surface area (Å²) in [6, 6.07) is 5.53. The number of imidazole rings is 1. The van der Waals surface area contributed by atoms with Gasteiger partial charge in [0.05, 0.1) is 13.2 Å². The van der Waals surface area contributed by atoms with Crippen LogP contribution in [0.1, 0.15) is 30.8 Å². The van der Waals surface area contributed by atoms with Gasteiger partial charge in [-0.05, 0) is 24.6 Å². The highest BCUT2D eigenvalue weighted by Crippen LogP contribution is 2.33. The molecule has 2 heterocycles. The van der Waals surface area contributed by atoms with Gasteiger partial charge in [-0.3, -0.25) is 0 Å². The number of aliphatic hydroxyl groups excluding tert-OH is 1. The molecule has 1 aliphatic heterocycles. The van der Waals surface area contributed by atoms with Crippen LogP contribution in [-0.2, 0) is 6.54 Å². The molecule has 1 aliphatic rings. The Balaban J connectivity index is 1.92. The van der Waals surface area contributed by atoms with Crippen LogP contribution in [0.25, 0.3) is 0 Å². The summed E-state index contributed by atoms with van der Waals surface area (Å²) in [5, 5.41) is 10.5. The highest BCUT2D eigenvalue weighted by atomic mass is 16.5. The number of fused-ring (bicyclic) bond motifs is 1. The van der Waals surface area contributed by atoms with E-state index >= 15 is 0 Å². The van der Waals surface area contributed by atoms with Gasteiger partial charge in [-0.25, -0.2) is 4.98 Å². The number of nitrogens with zero attached hydrogens (tertiary/aromatic N) is 2. The first-order valence-electron chi connectivity index (χ1n) is 6.88. The number of ether oxygens (including phenoxy) is 2. The Labute approximate surface area is 117 Å². The maximum absolute atomic E-state index is 10.5. The molecule has 0 aliphatic carbocycles. The second kappa shape index (κ2) is 5.54. The zero-order chi connectivity index (χ0) is 13.9. The second-order valence-electron chi connectivity index (χ2n) is 4.73. The fourth-order valence-corrected chi connectivity index (χ4v) is 2.33. The zero-order valence-electron chi connectivity index (χ0n) is 11.5. The molecular weight excluding hydrogens is 256 g/mol. The smallest absolute Gasteiger partial charge is 0.161 e. The van der Waals surface area contributed by atoms with Gasteiger partial charge in [0.15, 0.2) is 11.5 Å². The molecule has 5 heteroatoms. The predicted octanol–water partition coefficient (Wildman–Crippen LogP) is 2.15. The molecule has 0 saturated heterocycles. The normalized spacial score (nSPS) is 15.7. The third kappa shape index (κ3) is 2.36. The fourth-order valence-electron chi connectivity index (χ4n) is 2.33. The van der Waals surface area contributed by atoms with Gasteiger partial charge in [0, 0.05) is 25.4 Å². The molecule has 1 unspecified atom stereocenters. The van der Waals surface area contributed by atoms with E-state index in [-0.39, 0.29) is 0 Å². The van der Waals surface area contributed by atoms with Crippen LogP contribution < -0.4 is 9.47 Å². The van der Waals surface area contributed by atoms with Crippen LogP contribution in [0, 0.1) is 0 Å². The van der Waals surface area contributed by atoms with Crippen molar-refractivity contribution in [2.45, 2.75) is 26.0 Å². The molecule has 1 atom stereocenters. The first-order chi connectivity index (χ1) is 9.79. The first-order valence-corrected chi connectivity index (χ1v) is 6.88. The summed E-state index contributed by atoms with van der Waals surface area (Å²) >= 11 is 0. The van der Waals surface area contributed by atoms with Gasteiger partial charge >= 0.3 is 0 Å². The van der Waals surface area contributed by atoms with Crippen molar-refractivity contribution in [2.24, 2.45) is 0 Å².